The highest BCUT2D eigenvalue weighted by atomic mass is 32.1. The van der Waals surface area contributed by atoms with Gasteiger partial charge in [0.25, 0.3) is 0 Å². The minimum absolute atomic E-state index is 0.246. The quantitative estimate of drug-likeness (QED) is 0.242. The number of hydrogen-bond donors (Lipinski definition) is 2. The summed E-state index contributed by atoms with van der Waals surface area (Å²) >= 11 is 6.03. The van der Waals surface area contributed by atoms with E-state index in [1.807, 2.05) is 34.8 Å². The zero-order chi connectivity index (χ0) is 25.4. The predicted octanol–water partition coefficient (Wildman–Crippen LogP) is 6.99. The minimum atomic E-state index is -0.246. The zero-order valence-corrected chi connectivity index (χ0v) is 21.5. The second-order valence-corrected chi connectivity index (χ2v) is 9.92. The Bertz CT molecular complexity index is 1570. The van der Waals surface area contributed by atoms with Crippen molar-refractivity contribution in [3.8, 4) is 11.1 Å². The first-order valence-electron chi connectivity index (χ1n) is 12.6. The molecule has 0 atom stereocenters. The molecule has 7 heteroatoms. The standard InChI is InChI=1S/C30H28FN5S/c1-20-10-12-21(13-11-20)27-25-9-5-6-18-35-26(19-32-23-16-14-22(31)15-17-23)34-36(30(25)35)28(27)29(37)33-24-7-3-2-4-8-24/h2-4,7-8,10-17,32H,5-6,9,18-19H2,1H3,(H,33,37). The Morgan fingerprint density at radius 2 is 1.70 bits per heavy atom. The monoisotopic (exact) mass is 509 g/mol. The van der Waals surface area contributed by atoms with Gasteiger partial charge in [0.2, 0.25) is 0 Å². The smallest absolute Gasteiger partial charge is 0.150 e. The van der Waals surface area contributed by atoms with Gasteiger partial charge in [-0.15, -0.1) is 0 Å². The average Bonchev–Trinajstić information content (AvgIpc) is 3.31. The van der Waals surface area contributed by atoms with Gasteiger partial charge in [-0.1, -0.05) is 60.2 Å². The molecule has 0 unspecified atom stereocenters. The largest absolute Gasteiger partial charge is 0.378 e. The van der Waals surface area contributed by atoms with Gasteiger partial charge in [0, 0.05) is 29.0 Å². The summed E-state index contributed by atoms with van der Waals surface area (Å²) in [7, 11) is 0. The van der Waals surface area contributed by atoms with Crippen LogP contribution in [0.4, 0.5) is 15.8 Å². The highest BCUT2D eigenvalue weighted by molar-refractivity contribution is 7.81. The van der Waals surface area contributed by atoms with Gasteiger partial charge in [-0.2, -0.15) is 5.10 Å². The molecule has 0 saturated heterocycles. The summed E-state index contributed by atoms with van der Waals surface area (Å²) in [5.74, 6) is 0.686. The van der Waals surface area contributed by atoms with Gasteiger partial charge >= 0.3 is 0 Å². The molecule has 5 aromatic rings. The fraction of sp³-hybridized carbons (Fsp3) is 0.200. The van der Waals surface area contributed by atoms with Crippen LogP contribution in [0.1, 0.15) is 35.5 Å². The van der Waals surface area contributed by atoms with Crippen LogP contribution in [-0.2, 0) is 19.5 Å². The van der Waals surface area contributed by atoms with E-state index >= 15 is 0 Å². The van der Waals surface area contributed by atoms with Crippen LogP contribution in [0, 0.1) is 12.7 Å². The summed E-state index contributed by atoms with van der Waals surface area (Å²) in [6, 6.07) is 25.1. The van der Waals surface area contributed by atoms with E-state index in [2.05, 4.69) is 46.4 Å². The summed E-state index contributed by atoms with van der Waals surface area (Å²) in [6.07, 6.45) is 3.15. The van der Waals surface area contributed by atoms with Gasteiger partial charge < -0.3 is 15.2 Å². The van der Waals surface area contributed by atoms with Crippen LogP contribution in [0.25, 0.3) is 16.8 Å². The summed E-state index contributed by atoms with van der Waals surface area (Å²) in [5.41, 5.74) is 8.65. The molecule has 0 radical (unpaired) electrons. The first-order valence-corrected chi connectivity index (χ1v) is 13.0. The molecule has 3 aromatic carbocycles. The maximum absolute atomic E-state index is 13.4. The Morgan fingerprint density at radius 1 is 0.946 bits per heavy atom. The van der Waals surface area contributed by atoms with Crippen molar-refractivity contribution in [3.63, 3.8) is 0 Å². The van der Waals surface area contributed by atoms with Crippen molar-refractivity contribution in [2.45, 2.75) is 39.3 Å². The number of halogens is 1. The summed E-state index contributed by atoms with van der Waals surface area (Å²) in [5, 5.41) is 12.0. The van der Waals surface area contributed by atoms with Crippen molar-refractivity contribution in [1.29, 1.82) is 0 Å². The van der Waals surface area contributed by atoms with Crippen molar-refractivity contribution >= 4 is 34.2 Å². The number of rotatable bonds is 6. The van der Waals surface area contributed by atoms with E-state index in [0.717, 1.165) is 65.5 Å². The number of hydrogen-bond acceptors (Lipinski definition) is 3. The molecule has 0 saturated carbocycles. The second kappa shape index (κ2) is 9.82. The van der Waals surface area contributed by atoms with Crippen LogP contribution >= 0.6 is 12.2 Å². The number of anilines is 2. The molecule has 2 N–H and O–H groups in total. The number of thiocarbonyl (C=S) groups is 1. The molecule has 3 heterocycles. The molecular weight excluding hydrogens is 481 g/mol. The Balaban J connectivity index is 1.49. The van der Waals surface area contributed by atoms with Crippen LogP contribution in [0.3, 0.4) is 0 Å². The van der Waals surface area contributed by atoms with E-state index in [1.165, 1.54) is 23.3 Å². The van der Waals surface area contributed by atoms with Crippen LogP contribution in [0.5, 0.6) is 0 Å². The Morgan fingerprint density at radius 3 is 2.46 bits per heavy atom. The van der Waals surface area contributed by atoms with Gasteiger partial charge in [0.15, 0.2) is 5.82 Å². The lowest BCUT2D eigenvalue weighted by atomic mass is 9.97. The Hall–Kier alpha value is -3.97. The molecule has 37 heavy (non-hydrogen) atoms. The molecule has 0 amide bonds. The van der Waals surface area contributed by atoms with Gasteiger partial charge in [-0.3, -0.25) is 0 Å². The highest BCUT2D eigenvalue weighted by Crippen LogP contribution is 2.37. The number of para-hydroxylation sites is 1. The summed E-state index contributed by atoms with van der Waals surface area (Å²) < 4.78 is 17.7. The molecule has 0 spiro atoms. The lowest BCUT2D eigenvalue weighted by Crippen LogP contribution is -2.15. The average molecular weight is 510 g/mol. The molecule has 0 bridgehead atoms. The van der Waals surface area contributed by atoms with E-state index in [4.69, 9.17) is 17.3 Å². The molecule has 5 nitrogen and oxygen atoms in total. The topological polar surface area (TPSA) is 46.3 Å². The van der Waals surface area contributed by atoms with E-state index < -0.39 is 0 Å². The number of aromatic nitrogens is 3. The van der Waals surface area contributed by atoms with Crippen molar-refractivity contribution in [2.24, 2.45) is 0 Å². The third-order valence-corrected chi connectivity index (χ3v) is 7.24. The zero-order valence-electron chi connectivity index (χ0n) is 20.7. The molecular formula is C30H28FN5S. The normalized spacial score (nSPS) is 12.9. The SMILES string of the molecule is Cc1ccc(-c2c3c4n(c(CNc5ccc(F)cc5)nn4c2C(=S)Nc2ccccc2)CCCC3)cc1. The lowest BCUT2D eigenvalue weighted by molar-refractivity contribution is 0.618. The third-order valence-electron chi connectivity index (χ3n) is 6.94. The van der Waals surface area contributed by atoms with Crippen molar-refractivity contribution in [3.05, 3.63) is 107 Å². The van der Waals surface area contributed by atoms with Gasteiger partial charge in [-0.25, -0.2) is 8.91 Å². The number of benzene rings is 3. The minimum Gasteiger partial charge on any atom is -0.378 e. The molecule has 6 rings (SSSR count). The van der Waals surface area contributed by atoms with Crippen molar-refractivity contribution in [1.82, 2.24) is 14.2 Å². The van der Waals surface area contributed by atoms with Crippen molar-refractivity contribution < 1.29 is 4.39 Å². The molecule has 0 fully saturated rings. The second-order valence-electron chi connectivity index (χ2n) is 9.51. The summed E-state index contributed by atoms with van der Waals surface area (Å²) in [4.78, 5) is 0.645. The third kappa shape index (κ3) is 4.51. The number of nitrogens with one attached hydrogen (secondary N) is 2. The molecule has 1 aliphatic rings. The first kappa shape index (κ1) is 23.4. The van der Waals surface area contributed by atoms with Crippen LogP contribution in [0.15, 0.2) is 78.9 Å². The Kier molecular flexibility index (Phi) is 6.22. The maximum Gasteiger partial charge on any atom is 0.150 e. The predicted molar refractivity (Wildman–Crippen MR) is 152 cm³/mol. The number of nitrogens with zero attached hydrogens (tertiary/aromatic N) is 3. The van der Waals surface area contributed by atoms with E-state index in [1.54, 1.807) is 12.1 Å². The molecule has 0 aliphatic carbocycles. The van der Waals surface area contributed by atoms with Crippen LogP contribution in [-0.4, -0.2) is 19.2 Å². The fourth-order valence-corrected chi connectivity index (χ4v) is 5.44. The fourth-order valence-electron chi connectivity index (χ4n) is 5.14. The van der Waals surface area contributed by atoms with Gasteiger partial charge in [0.05, 0.1) is 6.54 Å². The first-order chi connectivity index (χ1) is 18.1. The van der Waals surface area contributed by atoms with E-state index in [0.29, 0.717) is 11.5 Å². The molecule has 186 valence electrons. The number of aryl methyl sites for hydroxylation is 3. The highest BCUT2D eigenvalue weighted by Gasteiger charge is 2.29. The Labute approximate surface area is 221 Å². The lowest BCUT2D eigenvalue weighted by Gasteiger charge is -2.12. The maximum atomic E-state index is 13.4. The summed E-state index contributed by atoms with van der Waals surface area (Å²) in [6.45, 7) is 3.53. The van der Waals surface area contributed by atoms with Gasteiger partial charge in [-0.05, 0) is 68.1 Å². The van der Waals surface area contributed by atoms with Crippen LogP contribution < -0.4 is 10.6 Å². The van der Waals surface area contributed by atoms with E-state index in [-0.39, 0.29) is 5.82 Å². The van der Waals surface area contributed by atoms with Crippen LogP contribution in [0.2, 0.25) is 0 Å². The molecule has 1 aliphatic heterocycles. The van der Waals surface area contributed by atoms with Gasteiger partial charge in [0.1, 0.15) is 22.1 Å². The van der Waals surface area contributed by atoms with Crippen molar-refractivity contribution in [2.75, 3.05) is 10.6 Å². The molecule has 2 aromatic heterocycles. The van der Waals surface area contributed by atoms with E-state index in [9.17, 15) is 4.39 Å².